The first-order valence-corrected chi connectivity index (χ1v) is 27.0. The molecule has 8 aromatic rings. The predicted octanol–water partition coefficient (Wildman–Crippen LogP) is 11.9. The molecule has 0 N–H and O–H groups in total. The number of hydrogen-bond donors (Lipinski definition) is 0. The number of aromatic nitrogens is 4. The first kappa shape index (κ1) is 55.2. The minimum absolute atomic E-state index is 0.0679. The Kier molecular flexibility index (Phi) is 16.1. The number of rotatable bonds is 18. The van der Waals surface area contributed by atoms with Crippen molar-refractivity contribution in [1.29, 1.82) is 0 Å². The zero-order chi connectivity index (χ0) is 55.6. The highest BCUT2D eigenvalue weighted by Crippen LogP contribution is 2.49. The fourth-order valence-electron chi connectivity index (χ4n) is 9.28. The highest BCUT2D eigenvalue weighted by molar-refractivity contribution is 14.1. The second kappa shape index (κ2) is 22.8. The van der Waals surface area contributed by atoms with Crippen LogP contribution in [0.1, 0.15) is 46.3 Å². The van der Waals surface area contributed by atoms with Crippen LogP contribution in [0.5, 0.6) is 28.9 Å². The Labute approximate surface area is 459 Å². The van der Waals surface area contributed by atoms with Crippen molar-refractivity contribution in [2.45, 2.75) is 50.5 Å². The van der Waals surface area contributed by atoms with Gasteiger partial charge in [0.2, 0.25) is 20.9 Å². The van der Waals surface area contributed by atoms with E-state index in [1.165, 1.54) is 19.1 Å². The molecule has 5 aromatic carbocycles. The average molecular weight is 1210 g/mol. The summed E-state index contributed by atoms with van der Waals surface area (Å²) in [6.45, 7) is 1.66. The molecule has 0 saturated carbocycles. The molecule has 78 heavy (non-hydrogen) atoms. The standard InChI is InChI=1S/C56H50F6IN7O7S/c1-32(41-8-7-25-64-52(41)69(30-35-13-21-39(75-4)22-14-35)31-36-15-23-40(76-5)24-16-36)70-26-27-77-54-43-50(66-55(67-53(43)70)78(6,71)72)47(59)49(65-54)42-44(56(60,61)62)48(63)46(58)51(45(42)57)68(28-33-9-17-37(73-2)18-10-33)29-34-11-19-38(74-3)20-12-34/h7-25,32H,26-31H2,1-6H3/t32-/m1/s1. The first-order valence-electron chi connectivity index (χ1n) is 24.1. The van der Waals surface area contributed by atoms with E-state index in [1.807, 2.05) is 59.5 Å². The predicted molar refractivity (Wildman–Crippen MR) is 291 cm³/mol. The summed E-state index contributed by atoms with van der Waals surface area (Å²) in [4.78, 5) is 22.6. The normalized spacial score (nSPS) is 12.9. The lowest BCUT2D eigenvalue weighted by atomic mass is 9.98. The molecule has 0 spiro atoms. The molecule has 0 bridgehead atoms. The zero-order valence-corrected chi connectivity index (χ0v) is 45.8. The number of alkyl halides is 3. The molecular weight excluding hydrogens is 1160 g/mol. The molecule has 9 rings (SSSR count). The van der Waals surface area contributed by atoms with Gasteiger partial charge in [0, 0.05) is 44.2 Å². The number of sulfone groups is 1. The molecule has 1 aliphatic heterocycles. The van der Waals surface area contributed by atoms with Gasteiger partial charge in [-0.3, -0.25) is 0 Å². The van der Waals surface area contributed by atoms with Gasteiger partial charge in [0.25, 0.3) is 0 Å². The van der Waals surface area contributed by atoms with Crippen LogP contribution in [0, 0.1) is 21.0 Å². The Morgan fingerprint density at radius 1 is 0.679 bits per heavy atom. The number of benzene rings is 5. The number of ether oxygens (including phenoxy) is 5. The van der Waals surface area contributed by atoms with Gasteiger partial charge in [-0.1, -0.05) is 54.6 Å². The number of pyridine rings is 2. The van der Waals surface area contributed by atoms with Gasteiger partial charge in [-0.15, -0.1) is 0 Å². The lowest BCUT2D eigenvalue weighted by Crippen LogP contribution is -2.33. The van der Waals surface area contributed by atoms with E-state index in [4.69, 9.17) is 28.7 Å². The number of halogens is 7. The van der Waals surface area contributed by atoms with E-state index >= 15 is 26.3 Å². The van der Waals surface area contributed by atoms with Crippen molar-refractivity contribution in [1.82, 2.24) is 19.9 Å². The maximum absolute atomic E-state index is 17.9. The van der Waals surface area contributed by atoms with Crippen LogP contribution in [0.15, 0.2) is 121 Å². The molecule has 3 aromatic heterocycles. The Hall–Kier alpha value is -7.60. The maximum Gasteiger partial charge on any atom is 0.418 e. The van der Waals surface area contributed by atoms with Crippen molar-refractivity contribution in [3.05, 3.63) is 170 Å². The topological polar surface area (TPSA) is 142 Å². The van der Waals surface area contributed by atoms with Gasteiger partial charge in [0.1, 0.15) is 63.5 Å². The zero-order valence-electron chi connectivity index (χ0n) is 42.8. The average Bonchev–Trinajstić information content (AvgIpc) is 3.81. The van der Waals surface area contributed by atoms with E-state index in [-0.39, 0.29) is 37.4 Å². The van der Waals surface area contributed by atoms with Gasteiger partial charge < -0.3 is 38.4 Å². The van der Waals surface area contributed by atoms with Crippen LogP contribution in [0.4, 0.5) is 43.7 Å². The Morgan fingerprint density at radius 3 is 1.60 bits per heavy atom. The minimum Gasteiger partial charge on any atom is -0.497 e. The van der Waals surface area contributed by atoms with Gasteiger partial charge in [-0.25, -0.2) is 41.5 Å². The minimum atomic E-state index is -5.50. The third kappa shape index (κ3) is 11.4. The summed E-state index contributed by atoms with van der Waals surface area (Å²) in [6.07, 6.45) is -3.09. The van der Waals surface area contributed by atoms with E-state index in [0.29, 0.717) is 58.6 Å². The second-order valence-electron chi connectivity index (χ2n) is 18.2. The molecule has 1 atom stereocenters. The van der Waals surface area contributed by atoms with Gasteiger partial charge in [-0.05, 0) is 106 Å². The van der Waals surface area contributed by atoms with E-state index in [1.54, 1.807) is 86.8 Å². The van der Waals surface area contributed by atoms with Crippen molar-refractivity contribution in [3.63, 3.8) is 0 Å². The number of nitrogens with zero attached hydrogens (tertiary/aromatic N) is 7. The molecule has 1 aliphatic rings. The summed E-state index contributed by atoms with van der Waals surface area (Å²) in [5.74, 6) is -2.96. The lowest BCUT2D eigenvalue weighted by Gasteiger charge is -2.33. The molecule has 14 nitrogen and oxygen atoms in total. The molecule has 22 heteroatoms. The Bertz CT molecular complexity index is 3500. The van der Waals surface area contributed by atoms with E-state index < -0.39 is 82.1 Å². The highest BCUT2D eigenvalue weighted by atomic mass is 127. The van der Waals surface area contributed by atoms with Gasteiger partial charge in [0.05, 0.1) is 55.7 Å². The van der Waals surface area contributed by atoms with Gasteiger partial charge in [-0.2, -0.15) is 13.2 Å². The smallest absolute Gasteiger partial charge is 0.418 e. The van der Waals surface area contributed by atoms with Crippen LogP contribution in [0.25, 0.3) is 22.2 Å². The number of anilines is 3. The SMILES string of the molecule is COc1ccc(CN(Cc2ccc(OC)cc2)c2ncccc2[C@@H](C)N2CCOc3nc(-c4c(F)c(N(Cc5ccc(OC)cc5)Cc5ccc(OC)cc5)c(F)c(I)c4C(F)(F)F)c(F)c4nc(S(C)(=O)=O)nc2c34)cc1. The van der Waals surface area contributed by atoms with E-state index in [2.05, 4.69) is 15.0 Å². The summed E-state index contributed by atoms with van der Waals surface area (Å²) >= 11 is 1.13. The van der Waals surface area contributed by atoms with Crippen LogP contribution in [0.2, 0.25) is 0 Å². The van der Waals surface area contributed by atoms with E-state index in [0.717, 1.165) is 40.0 Å². The molecule has 4 heterocycles. The summed E-state index contributed by atoms with van der Waals surface area (Å²) < 4.78 is 153. The number of methoxy groups -OCH3 is 4. The third-order valence-corrected chi connectivity index (χ3v) is 15.0. The summed E-state index contributed by atoms with van der Waals surface area (Å²) in [7, 11) is 1.64. The van der Waals surface area contributed by atoms with Crippen molar-refractivity contribution in [2.75, 3.05) is 62.5 Å². The highest BCUT2D eigenvalue weighted by Gasteiger charge is 2.44. The lowest BCUT2D eigenvalue weighted by molar-refractivity contribution is -0.138. The molecular formula is C56H50F6IN7O7S. The summed E-state index contributed by atoms with van der Waals surface area (Å²) in [5, 5.41) is -1.20. The van der Waals surface area contributed by atoms with Crippen molar-refractivity contribution in [3.8, 4) is 40.1 Å². The van der Waals surface area contributed by atoms with Crippen LogP contribution in [-0.4, -0.2) is 76.2 Å². The molecule has 406 valence electrons. The quantitative estimate of drug-likeness (QED) is 0.0348. The van der Waals surface area contributed by atoms with Crippen molar-refractivity contribution >= 4 is 60.7 Å². The van der Waals surface area contributed by atoms with Crippen LogP contribution >= 0.6 is 22.6 Å². The van der Waals surface area contributed by atoms with Crippen LogP contribution in [-0.2, 0) is 42.2 Å². The maximum atomic E-state index is 17.9. The fraction of sp³-hybridized carbons (Fsp3) is 0.250. The Balaban J connectivity index is 1.22. The van der Waals surface area contributed by atoms with Gasteiger partial charge >= 0.3 is 6.18 Å². The summed E-state index contributed by atoms with van der Waals surface area (Å²) in [5.41, 5.74) is -2.95. The Morgan fingerprint density at radius 2 is 1.15 bits per heavy atom. The molecule has 0 saturated heterocycles. The largest absolute Gasteiger partial charge is 0.497 e. The first-order chi connectivity index (χ1) is 37.3. The second-order valence-corrected chi connectivity index (χ2v) is 21.2. The van der Waals surface area contributed by atoms with E-state index in [9.17, 15) is 8.42 Å². The van der Waals surface area contributed by atoms with Crippen LogP contribution < -0.4 is 38.4 Å². The molecule has 0 fully saturated rings. The third-order valence-electron chi connectivity index (χ3n) is 13.2. The van der Waals surface area contributed by atoms with Crippen molar-refractivity contribution < 1.29 is 58.4 Å². The fourth-order valence-corrected chi connectivity index (χ4v) is 10.6. The van der Waals surface area contributed by atoms with Gasteiger partial charge in [0.15, 0.2) is 17.5 Å². The molecule has 0 radical (unpaired) electrons. The van der Waals surface area contributed by atoms with Crippen LogP contribution in [0.3, 0.4) is 0 Å². The summed E-state index contributed by atoms with van der Waals surface area (Å²) in [6, 6.07) is 30.8. The van der Waals surface area contributed by atoms with Crippen molar-refractivity contribution in [2.24, 2.45) is 0 Å². The molecule has 0 unspecified atom stereocenters. The monoisotopic (exact) mass is 1210 g/mol. The number of hydrogen-bond acceptors (Lipinski definition) is 14. The molecule has 0 aliphatic carbocycles. The molecule has 0 amide bonds.